The van der Waals surface area contributed by atoms with Gasteiger partial charge < -0.3 is 15.2 Å². The molecule has 1 aliphatic rings. The number of hydrogen-bond acceptors (Lipinski definition) is 5. The van der Waals surface area contributed by atoms with Crippen molar-refractivity contribution in [2.75, 3.05) is 7.11 Å². The molecular formula is C18H21N3O3. The molecule has 6 nitrogen and oxygen atoms in total. The third-order valence-electron chi connectivity index (χ3n) is 4.25. The van der Waals surface area contributed by atoms with E-state index in [9.17, 15) is 9.90 Å². The highest BCUT2D eigenvalue weighted by Crippen LogP contribution is 2.37. The Morgan fingerprint density at radius 3 is 2.83 bits per heavy atom. The van der Waals surface area contributed by atoms with E-state index in [1.54, 1.807) is 25.4 Å². The lowest BCUT2D eigenvalue weighted by atomic mass is 9.76. The SMILES string of the molecule is COCc1cccc(C(=O)N[C@@H](c2ccccn2)C2CC(O)C2)n1. The van der Waals surface area contributed by atoms with Crippen LogP contribution in [0.5, 0.6) is 0 Å². The van der Waals surface area contributed by atoms with Crippen molar-refractivity contribution in [3.05, 3.63) is 59.7 Å². The second-order valence-electron chi connectivity index (χ2n) is 6.04. The number of amides is 1. The van der Waals surface area contributed by atoms with E-state index in [2.05, 4.69) is 15.3 Å². The summed E-state index contributed by atoms with van der Waals surface area (Å²) < 4.78 is 5.06. The van der Waals surface area contributed by atoms with Gasteiger partial charge in [-0.25, -0.2) is 4.98 Å². The maximum atomic E-state index is 12.6. The summed E-state index contributed by atoms with van der Waals surface area (Å²) in [6.07, 6.45) is 2.75. The van der Waals surface area contributed by atoms with Gasteiger partial charge in [0.05, 0.1) is 30.1 Å². The summed E-state index contributed by atoms with van der Waals surface area (Å²) in [5.74, 6) is -0.0639. The van der Waals surface area contributed by atoms with Crippen LogP contribution in [0.25, 0.3) is 0 Å². The fourth-order valence-electron chi connectivity index (χ4n) is 2.94. The average molecular weight is 327 g/mol. The van der Waals surface area contributed by atoms with Crippen LogP contribution in [0.1, 0.15) is 40.8 Å². The van der Waals surface area contributed by atoms with E-state index in [1.807, 2.05) is 24.3 Å². The van der Waals surface area contributed by atoms with Crippen LogP contribution in [0.4, 0.5) is 0 Å². The molecule has 0 spiro atoms. The Kier molecular flexibility index (Phi) is 5.17. The number of hydrogen-bond donors (Lipinski definition) is 2. The molecule has 126 valence electrons. The molecule has 2 aromatic rings. The van der Waals surface area contributed by atoms with Crippen molar-refractivity contribution in [1.29, 1.82) is 0 Å². The lowest BCUT2D eigenvalue weighted by Crippen LogP contribution is -2.42. The summed E-state index contributed by atoms with van der Waals surface area (Å²) in [6.45, 7) is 0.361. The van der Waals surface area contributed by atoms with E-state index >= 15 is 0 Å². The molecule has 0 saturated heterocycles. The quantitative estimate of drug-likeness (QED) is 0.846. The molecule has 1 atom stereocenters. The molecule has 2 aromatic heterocycles. The molecule has 24 heavy (non-hydrogen) atoms. The Bertz CT molecular complexity index is 687. The second-order valence-corrected chi connectivity index (χ2v) is 6.04. The molecule has 0 aromatic carbocycles. The Balaban J connectivity index is 1.77. The highest BCUT2D eigenvalue weighted by atomic mass is 16.5. The Morgan fingerprint density at radius 2 is 2.17 bits per heavy atom. The molecular weight excluding hydrogens is 306 g/mol. The summed E-state index contributed by atoms with van der Waals surface area (Å²) in [5.41, 5.74) is 1.86. The Hall–Kier alpha value is -2.31. The van der Waals surface area contributed by atoms with Crippen LogP contribution in [-0.4, -0.2) is 34.2 Å². The van der Waals surface area contributed by atoms with Gasteiger partial charge in [0.25, 0.3) is 5.91 Å². The number of ether oxygens (including phenoxy) is 1. The van der Waals surface area contributed by atoms with E-state index in [-0.39, 0.29) is 24.0 Å². The molecule has 1 aliphatic carbocycles. The van der Waals surface area contributed by atoms with Crippen LogP contribution >= 0.6 is 0 Å². The fraction of sp³-hybridized carbons (Fsp3) is 0.389. The standard InChI is InChI=1S/C18H21N3O3/c1-24-11-13-5-4-7-16(20-13)18(23)21-17(12-9-14(22)10-12)15-6-2-3-8-19-15/h2-8,12,14,17,22H,9-11H2,1H3,(H,21,23)/t12?,14?,17-/m1/s1. The van der Waals surface area contributed by atoms with Crippen LogP contribution in [0, 0.1) is 5.92 Å². The first-order valence-electron chi connectivity index (χ1n) is 8.02. The lowest BCUT2D eigenvalue weighted by molar-refractivity contribution is 0.0227. The Labute approximate surface area is 140 Å². The molecule has 1 amide bonds. The zero-order valence-electron chi connectivity index (χ0n) is 13.6. The molecule has 1 fully saturated rings. The first-order chi connectivity index (χ1) is 11.7. The summed E-state index contributed by atoms with van der Waals surface area (Å²) in [4.78, 5) is 21.3. The van der Waals surface area contributed by atoms with Gasteiger partial charge in [-0.05, 0) is 43.0 Å². The number of aliphatic hydroxyl groups excluding tert-OH is 1. The molecule has 0 aliphatic heterocycles. The molecule has 2 heterocycles. The fourth-order valence-corrected chi connectivity index (χ4v) is 2.94. The molecule has 0 bridgehead atoms. The van der Waals surface area contributed by atoms with Gasteiger partial charge in [-0.2, -0.15) is 0 Å². The predicted octanol–water partition coefficient (Wildman–Crippen LogP) is 1.86. The largest absolute Gasteiger partial charge is 0.393 e. The van der Waals surface area contributed by atoms with Gasteiger partial charge in [0.1, 0.15) is 5.69 Å². The van der Waals surface area contributed by atoms with Crippen molar-refractivity contribution >= 4 is 5.91 Å². The summed E-state index contributed by atoms with van der Waals surface area (Å²) in [6, 6.07) is 10.7. The maximum Gasteiger partial charge on any atom is 0.270 e. The third kappa shape index (κ3) is 3.77. The van der Waals surface area contributed by atoms with Crippen molar-refractivity contribution in [3.8, 4) is 0 Å². The summed E-state index contributed by atoms with van der Waals surface area (Å²) in [5, 5.41) is 12.6. The molecule has 3 rings (SSSR count). The zero-order valence-corrected chi connectivity index (χ0v) is 13.6. The third-order valence-corrected chi connectivity index (χ3v) is 4.25. The number of nitrogens with one attached hydrogen (secondary N) is 1. The summed E-state index contributed by atoms with van der Waals surface area (Å²) >= 11 is 0. The predicted molar refractivity (Wildman–Crippen MR) is 88.1 cm³/mol. The smallest absolute Gasteiger partial charge is 0.270 e. The van der Waals surface area contributed by atoms with E-state index in [1.165, 1.54) is 0 Å². The van der Waals surface area contributed by atoms with Gasteiger partial charge in [-0.3, -0.25) is 9.78 Å². The Morgan fingerprint density at radius 1 is 1.33 bits per heavy atom. The van der Waals surface area contributed by atoms with E-state index in [0.29, 0.717) is 30.8 Å². The van der Waals surface area contributed by atoms with Crippen LogP contribution in [0.15, 0.2) is 42.6 Å². The second kappa shape index (κ2) is 7.51. The van der Waals surface area contributed by atoms with Gasteiger partial charge in [0.15, 0.2) is 0 Å². The number of aliphatic hydroxyl groups is 1. The number of rotatable bonds is 6. The topological polar surface area (TPSA) is 84.3 Å². The number of aromatic nitrogens is 2. The number of carbonyl (C=O) groups excluding carboxylic acids is 1. The minimum Gasteiger partial charge on any atom is -0.393 e. The first-order valence-corrected chi connectivity index (χ1v) is 8.02. The molecule has 0 unspecified atom stereocenters. The number of nitrogens with zero attached hydrogens (tertiary/aromatic N) is 2. The van der Waals surface area contributed by atoms with Crippen molar-refractivity contribution in [1.82, 2.24) is 15.3 Å². The van der Waals surface area contributed by atoms with Gasteiger partial charge in [-0.1, -0.05) is 12.1 Å². The minimum absolute atomic E-state index is 0.181. The van der Waals surface area contributed by atoms with Crippen LogP contribution in [0.3, 0.4) is 0 Å². The average Bonchev–Trinajstić information content (AvgIpc) is 2.58. The minimum atomic E-state index is -0.290. The van der Waals surface area contributed by atoms with Crippen LogP contribution < -0.4 is 5.32 Å². The van der Waals surface area contributed by atoms with Gasteiger partial charge >= 0.3 is 0 Å². The molecule has 1 saturated carbocycles. The van der Waals surface area contributed by atoms with Crippen molar-refractivity contribution in [3.63, 3.8) is 0 Å². The van der Waals surface area contributed by atoms with Crippen molar-refractivity contribution < 1.29 is 14.6 Å². The van der Waals surface area contributed by atoms with Gasteiger partial charge in [0, 0.05) is 13.3 Å². The van der Waals surface area contributed by atoms with Crippen molar-refractivity contribution in [2.45, 2.75) is 31.6 Å². The molecule has 2 N–H and O–H groups in total. The van der Waals surface area contributed by atoms with Gasteiger partial charge in [-0.15, -0.1) is 0 Å². The van der Waals surface area contributed by atoms with E-state index in [4.69, 9.17) is 4.74 Å². The highest BCUT2D eigenvalue weighted by molar-refractivity contribution is 5.92. The zero-order chi connectivity index (χ0) is 16.9. The van der Waals surface area contributed by atoms with Crippen molar-refractivity contribution in [2.24, 2.45) is 5.92 Å². The normalized spacial score (nSPS) is 20.9. The lowest BCUT2D eigenvalue weighted by Gasteiger charge is -2.37. The summed E-state index contributed by atoms with van der Waals surface area (Å²) in [7, 11) is 1.59. The monoisotopic (exact) mass is 327 g/mol. The van der Waals surface area contributed by atoms with Crippen LogP contribution in [0.2, 0.25) is 0 Å². The first kappa shape index (κ1) is 16.5. The van der Waals surface area contributed by atoms with Crippen LogP contribution in [-0.2, 0) is 11.3 Å². The molecule has 0 radical (unpaired) electrons. The number of pyridine rings is 2. The highest BCUT2D eigenvalue weighted by Gasteiger charge is 2.36. The molecule has 6 heteroatoms. The van der Waals surface area contributed by atoms with Gasteiger partial charge in [0.2, 0.25) is 0 Å². The number of methoxy groups -OCH3 is 1. The maximum absolute atomic E-state index is 12.6. The van der Waals surface area contributed by atoms with E-state index < -0.39 is 0 Å². The van der Waals surface area contributed by atoms with E-state index in [0.717, 1.165) is 5.69 Å². The number of carbonyl (C=O) groups is 1.